The van der Waals surface area contributed by atoms with Gasteiger partial charge in [-0.15, -0.1) is 0 Å². The lowest BCUT2D eigenvalue weighted by atomic mass is 10.1. The summed E-state index contributed by atoms with van der Waals surface area (Å²) < 4.78 is 0. The number of hydrogen-bond acceptors (Lipinski definition) is 3. The molecule has 1 fully saturated rings. The third-order valence-corrected chi connectivity index (χ3v) is 2.17. The Morgan fingerprint density at radius 3 is 2.50 bits per heavy atom. The lowest BCUT2D eigenvalue weighted by Crippen LogP contribution is -2.45. The van der Waals surface area contributed by atoms with Crippen molar-refractivity contribution in [2.45, 2.75) is 19.3 Å². The molecule has 0 unspecified atom stereocenters. The smallest absolute Gasteiger partial charge is 0.311 e. The summed E-state index contributed by atoms with van der Waals surface area (Å²) in [4.78, 5) is 24.1. The van der Waals surface area contributed by atoms with E-state index in [0.29, 0.717) is 13.1 Å². The molecule has 76 valence electrons. The standard InChI is InChI=1S/C9H13N3O2/c10-4-5-11-8(13)9(14)12-6-2-1-3-7-12/h1-3,5-7H2,(H,11,13). The third kappa shape index (κ3) is 2.73. The Hall–Kier alpha value is -1.57. The van der Waals surface area contributed by atoms with E-state index < -0.39 is 11.8 Å². The number of carbonyl (C=O) groups is 2. The number of nitriles is 1. The van der Waals surface area contributed by atoms with Crippen LogP contribution in [0.1, 0.15) is 19.3 Å². The summed E-state index contributed by atoms with van der Waals surface area (Å²) in [7, 11) is 0. The van der Waals surface area contributed by atoms with E-state index in [9.17, 15) is 9.59 Å². The van der Waals surface area contributed by atoms with E-state index in [2.05, 4.69) is 5.32 Å². The van der Waals surface area contributed by atoms with Crippen molar-refractivity contribution in [3.05, 3.63) is 0 Å². The molecule has 1 rings (SSSR count). The Morgan fingerprint density at radius 2 is 1.93 bits per heavy atom. The van der Waals surface area contributed by atoms with Crippen molar-refractivity contribution < 1.29 is 9.59 Å². The molecule has 14 heavy (non-hydrogen) atoms. The van der Waals surface area contributed by atoms with Gasteiger partial charge in [0.1, 0.15) is 6.54 Å². The number of piperidine rings is 1. The monoisotopic (exact) mass is 195 g/mol. The minimum Gasteiger partial charge on any atom is -0.335 e. The van der Waals surface area contributed by atoms with Gasteiger partial charge in [0.05, 0.1) is 6.07 Å². The van der Waals surface area contributed by atoms with Gasteiger partial charge in [-0.1, -0.05) is 0 Å². The number of carbonyl (C=O) groups excluding carboxylic acids is 2. The zero-order valence-electron chi connectivity index (χ0n) is 7.95. The minimum atomic E-state index is -0.673. The minimum absolute atomic E-state index is 0.113. The molecule has 0 bridgehead atoms. The summed E-state index contributed by atoms with van der Waals surface area (Å²) in [6.45, 7) is 1.19. The van der Waals surface area contributed by atoms with Crippen molar-refractivity contribution in [1.29, 1.82) is 5.26 Å². The molecule has 0 aromatic carbocycles. The highest BCUT2D eigenvalue weighted by Gasteiger charge is 2.22. The van der Waals surface area contributed by atoms with Crippen molar-refractivity contribution in [2.75, 3.05) is 19.6 Å². The van der Waals surface area contributed by atoms with Crippen LogP contribution in [0.3, 0.4) is 0 Å². The Bertz CT molecular complexity index is 264. The van der Waals surface area contributed by atoms with E-state index in [-0.39, 0.29) is 6.54 Å². The van der Waals surface area contributed by atoms with Gasteiger partial charge in [0.25, 0.3) is 0 Å². The molecule has 1 N–H and O–H groups in total. The predicted molar refractivity (Wildman–Crippen MR) is 49.1 cm³/mol. The van der Waals surface area contributed by atoms with E-state index in [1.54, 1.807) is 6.07 Å². The molecule has 1 saturated heterocycles. The summed E-state index contributed by atoms with van der Waals surface area (Å²) in [5, 5.41) is 10.5. The maximum absolute atomic E-state index is 11.4. The molecule has 5 heteroatoms. The van der Waals surface area contributed by atoms with E-state index in [4.69, 9.17) is 5.26 Å². The Labute approximate surface area is 82.7 Å². The fourth-order valence-electron chi connectivity index (χ4n) is 1.44. The van der Waals surface area contributed by atoms with Gasteiger partial charge in [-0.3, -0.25) is 9.59 Å². The lowest BCUT2D eigenvalue weighted by molar-refractivity contribution is -0.146. The van der Waals surface area contributed by atoms with Crippen LogP contribution in [-0.2, 0) is 9.59 Å². The molecule has 0 aromatic heterocycles. The van der Waals surface area contributed by atoms with Crippen LogP contribution in [0.4, 0.5) is 0 Å². The number of rotatable bonds is 1. The predicted octanol–water partition coefficient (Wildman–Crippen LogP) is -0.361. The summed E-state index contributed by atoms with van der Waals surface area (Å²) >= 11 is 0. The normalized spacial score (nSPS) is 15.8. The fourth-order valence-corrected chi connectivity index (χ4v) is 1.44. The summed E-state index contributed by atoms with van der Waals surface area (Å²) in [5.41, 5.74) is 0. The molecule has 0 saturated carbocycles. The van der Waals surface area contributed by atoms with Crippen LogP contribution in [-0.4, -0.2) is 36.3 Å². The Kier molecular flexibility index (Phi) is 3.92. The van der Waals surface area contributed by atoms with Crippen LogP contribution in [0.2, 0.25) is 0 Å². The van der Waals surface area contributed by atoms with Gasteiger partial charge in [-0.05, 0) is 19.3 Å². The molecule has 2 amide bonds. The van der Waals surface area contributed by atoms with Crippen LogP contribution in [0.25, 0.3) is 0 Å². The van der Waals surface area contributed by atoms with Gasteiger partial charge in [-0.2, -0.15) is 5.26 Å². The molecule has 0 radical (unpaired) electrons. The Morgan fingerprint density at radius 1 is 1.29 bits per heavy atom. The zero-order chi connectivity index (χ0) is 10.4. The van der Waals surface area contributed by atoms with Crippen molar-refractivity contribution >= 4 is 11.8 Å². The maximum atomic E-state index is 11.4. The molecule has 1 heterocycles. The van der Waals surface area contributed by atoms with E-state index in [1.165, 1.54) is 4.90 Å². The SMILES string of the molecule is N#CCNC(=O)C(=O)N1CCCCC1. The number of amides is 2. The molecule has 1 aliphatic rings. The fraction of sp³-hybridized carbons (Fsp3) is 0.667. The first-order chi connectivity index (χ1) is 6.75. The largest absolute Gasteiger partial charge is 0.335 e. The molecular formula is C9H13N3O2. The first kappa shape index (κ1) is 10.5. The van der Waals surface area contributed by atoms with Crippen molar-refractivity contribution in [3.63, 3.8) is 0 Å². The number of nitrogens with one attached hydrogen (secondary N) is 1. The summed E-state index contributed by atoms with van der Waals surface area (Å²) in [6.07, 6.45) is 3.03. The van der Waals surface area contributed by atoms with Crippen molar-refractivity contribution in [2.24, 2.45) is 0 Å². The van der Waals surface area contributed by atoms with Crippen molar-refractivity contribution in [3.8, 4) is 6.07 Å². The molecule has 0 aromatic rings. The molecule has 1 aliphatic heterocycles. The number of hydrogen-bond donors (Lipinski definition) is 1. The van der Waals surface area contributed by atoms with Crippen LogP contribution < -0.4 is 5.32 Å². The highest BCUT2D eigenvalue weighted by Crippen LogP contribution is 2.08. The number of nitrogens with zero attached hydrogens (tertiary/aromatic N) is 2. The highest BCUT2D eigenvalue weighted by molar-refractivity contribution is 6.35. The van der Waals surface area contributed by atoms with Crippen molar-refractivity contribution in [1.82, 2.24) is 10.2 Å². The lowest BCUT2D eigenvalue weighted by Gasteiger charge is -2.25. The molecule has 0 atom stereocenters. The number of likely N-dealkylation sites (tertiary alicyclic amines) is 1. The molecule has 5 nitrogen and oxygen atoms in total. The maximum Gasteiger partial charge on any atom is 0.311 e. The van der Waals surface area contributed by atoms with Gasteiger partial charge in [-0.25, -0.2) is 0 Å². The van der Waals surface area contributed by atoms with E-state index >= 15 is 0 Å². The Balaban J connectivity index is 2.39. The second kappa shape index (κ2) is 5.22. The summed E-state index contributed by atoms with van der Waals surface area (Å²) in [5.74, 6) is -1.19. The second-order valence-corrected chi connectivity index (χ2v) is 3.19. The van der Waals surface area contributed by atoms with Gasteiger partial charge in [0.15, 0.2) is 0 Å². The first-order valence-electron chi connectivity index (χ1n) is 4.70. The molecular weight excluding hydrogens is 182 g/mol. The average molecular weight is 195 g/mol. The van der Waals surface area contributed by atoms with Crippen LogP contribution in [0.15, 0.2) is 0 Å². The molecule has 0 aliphatic carbocycles. The second-order valence-electron chi connectivity index (χ2n) is 3.19. The van der Waals surface area contributed by atoms with Gasteiger partial charge in [0, 0.05) is 13.1 Å². The third-order valence-electron chi connectivity index (χ3n) is 2.17. The van der Waals surface area contributed by atoms with Crippen LogP contribution >= 0.6 is 0 Å². The summed E-state index contributed by atoms with van der Waals surface area (Å²) in [6, 6.07) is 1.75. The van der Waals surface area contributed by atoms with Crippen LogP contribution in [0.5, 0.6) is 0 Å². The van der Waals surface area contributed by atoms with Gasteiger partial charge in [0.2, 0.25) is 0 Å². The molecule has 0 spiro atoms. The van der Waals surface area contributed by atoms with Gasteiger partial charge < -0.3 is 10.2 Å². The van der Waals surface area contributed by atoms with Crippen LogP contribution in [0, 0.1) is 11.3 Å². The van der Waals surface area contributed by atoms with E-state index in [1.807, 2.05) is 0 Å². The van der Waals surface area contributed by atoms with E-state index in [0.717, 1.165) is 19.3 Å². The zero-order valence-corrected chi connectivity index (χ0v) is 7.95. The highest BCUT2D eigenvalue weighted by atomic mass is 16.2. The van der Waals surface area contributed by atoms with Gasteiger partial charge >= 0.3 is 11.8 Å². The average Bonchev–Trinajstić information content (AvgIpc) is 2.26. The first-order valence-corrected chi connectivity index (χ1v) is 4.70. The quantitative estimate of drug-likeness (QED) is 0.458. The topological polar surface area (TPSA) is 73.2 Å².